The average molecular weight is 532 g/mol. The standard InChI is InChI=1S/C25H24O13/c1-9-3-11-18(13(26)4-9)22(32)19-12(20(11)30)5-10(35-2)6-14(19)37-25-24(34)23(33)21(31)15(38-25)8-36-17(29)7-16(27)28/h3-6,15,21,23-26,31,33-34H,7-8H2,1-2H3,(H,27,28)/t15-,21-,23+,24-,25-/m1/s1. The lowest BCUT2D eigenvalue weighted by Gasteiger charge is -2.40. The van der Waals surface area contributed by atoms with Gasteiger partial charge in [-0.25, -0.2) is 0 Å². The number of aromatic hydroxyl groups is 1. The molecule has 0 amide bonds. The average Bonchev–Trinajstić information content (AvgIpc) is 2.85. The largest absolute Gasteiger partial charge is 0.507 e. The van der Waals surface area contributed by atoms with Crippen LogP contribution < -0.4 is 9.47 Å². The van der Waals surface area contributed by atoms with E-state index in [0.717, 1.165) is 0 Å². The third-order valence-corrected chi connectivity index (χ3v) is 6.13. The molecule has 0 bridgehead atoms. The highest BCUT2D eigenvalue weighted by Crippen LogP contribution is 2.40. The second kappa shape index (κ2) is 10.4. The van der Waals surface area contributed by atoms with Gasteiger partial charge in [0, 0.05) is 17.2 Å². The van der Waals surface area contributed by atoms with Crippen molar-refractivity contribution < 1.29 is 63.7 Å². The maximum atomic E-state index is 13.4. The number of fused-ring (bicyclic) bond motifs is 2. The Morgan fingerprint density at radius 1 is 0.947 bits per heavy atom. The van der Waals surface area contributed by atoms with Gasteiger partial charge in [-0.2, -0.15) is 0 Å². The summed E-state index contributed by atoms with van der Waals surface area (Å²) in [7, 11) is 1.30. The molecule has 38 heavy (non-hydrogen) atoms. The van der Waals surface area contributed by atoms with Gasteiger partial charge in [0.2, 0.25) is 12.1 Å². The molecule has 0 unspecified atom stereocenters. The van der Waals surface area contributed by atoms with Crippen molar-refractivity contribution in [1.82, 2.24) is 0 Å². The number of methoxy groups -OCH3 is 1. The van der Waals surface area contributed by atoms with E-state index in [1.807, 2.05) is 0 Å². The monoisotopic (exact) mass is 532 g/mol. The van der Waals surface area contributed by atoms with E-state index >= 15 is 0 Å². The van der Waals surface area contributed by atoms with Crippen molar-refractivity contribution in [1.29, 1.82) is 0 Å². The van der Waals surface area contributed by atoms with E-state index in [4.69, 9.17) is 24.1 Å². The number of ether oxygens (including phenoxy) is 4. The summed E-state index contributed by atoms with van der Waals surface area (Å²) in [6, 6.07) is 5.32. The lowest BCUT2D eigenvalue weighted by atomic mass is 9.82. The van der Waals surface area contributed by atoms with Gasteiger partial charge in [-0.1, -0.05) is 0 Å². The zero-order chi connectivity index (χ0) is 27.9. The van der Waals surface area contributed by atoms with Gasteiger partial charge >= 0.3 is 11.9 Å². The molecule has 0 aromatic heterocycles. The Labute approximate surface area is 214 Å². The van der Waals surface area contributed by atoms with Crippen molar-refractivity contribution in [3.05, 3.63) is 52.1 Å². The number of phenols is 1. The number of hydrogen-bond donors (Lipinski definition) is 5. The number of hydrogen-bond acceptors (Lipinski definition) is 12. The molecule has 1 aliphatic heterocycles. The van der Waals surface area contributed by atoms with Crippen LogP contribution in [0.3, 0.4) is 0 Å². The molecule has 0 spiro atoms. The minimum Gasteiger partial charge on any atom is -0.507 e. The highest BCUT2D eigenvalue weighted by molar-refractivity contribution is 6.30. The first-order chi connectivity index (χ1) is 17.9. The number of rotatable bonds is 7. The predicted octanol–water partition coefficient (Wildman–Crippen LogP) is -0.311. The molecule has 0 saturated carbocycles. The number of benzene rings is 2. The number of carboxylic acid groups (broad SMARTS) is 1. The van der Waals surface area contributed by atoms with Crippen LogP contribution in [0.15, 0.2) is 24.3 Å². The maximum absolute atomic E-state index is 13.4. The molecular formula is C25H24O13. The molecule has 1 saturated heterocycles. The molecule has 2 aromatic carbocycles. The van der Waals surface area contributed by atoms with E-state index in [-0.39, 0.29) is 33.8 Å². The first-order valence-electron chi connectivity index (χ1n) is 11.3. The molecule has 5 atom stereocenters. The summed E-state index contributed by atoms with van der Waals surface area (Å²) < 4.78 is 21.2. The van der Waals surface area contributed by atoms with Crippen LogP contribution in [0, 0.1) is 6.92 Å². The summed E-state index contributed by atoms with van der Waals surface area (Å²) in [6.07, 6.45) is -9.63. The molecule has 13 heteroatoms. The summed E-state index contributed by atoms with van der Waals surface area (Å²) in [5.41, 5.74) is -0.0800. The number of aliphatic hydroxyl groups is 3. The summed E-state index contributed by atoms with van der Waals surface area (Å²) in [5.74, 6) is -4.53. The van der Waals surface area contributed by atoms with E-state index in [2.05, 4.69) is 0 Å². The summed E-state index contributed by atoms with van der Waals surface area (Å²) >= 11 is 0. The zero-order valence-corrected chi connectivity index (χ0v) is 20.1. The third-order valence-electron chi connectivity index (χ3n) is 6.13. The summed E-state index contributed by atoms with van der Waals surface area (Å²) in [6.45, 7) is 0.954. The molecule has 13 nitrogen and oxygen atoms in total. The number of aryl methyl sites for hydroxylation is 1. The Morgan fingerprint density at radius 2 is 1.63 bits per heavy atom. The van der Waals surface area contributed by atoms with Crippen molar-refractivity contribution in [3.8, 4) is 17.2 Å². The SMILES string of the molecule is COc1cc(O[C@@H]2O[C@H](COC(=O)CC(=O)O)[C@@H](O)[C@H](O)[C@H]2O)c2c(c1)C(=O)c1cc(C)cc(O)c1C2=O. The molecule has 2 aromatic rings. The molecule has 4 rings (SSSR count). The van der Waals surface area contributed by atoms with Gasteiger partial charge in [0.15, 0.2) is 5.78 Å². The smallest absolute Gasteiger partial charge is 0.317 e. The van der Waals surface area contributed by atoms with Crippen LogP contribution in [-0.4, -0.2) is 93.5 Å². The number of carbonyl (C=O) groups excluding carboxylic acids is 3. The number of aliphatic hydroxyl groups excluding tert-OH is 3. The second-order valence-corrected chi connectivity index (χ2v) is 8.80. The van der Waals surface area contributed by atoms with Crippen LogP contribution in [0.4, 0.5) is 0 Å². The Bertz CT molecular complexity index is 1320. The van der Waals surface area contributed by atoms with Gasteiger partial charge in [0.1, 0.15) is 54.7 Å². The van der Waals surface area contributed by atoms with Crippen LogP contribution in [0.25, 0.3) is 0 Å². The Hall–Kier alpha value is -4.04. The van der Waals surface area contributed by atoms with Crippen LogP contribution in [0.1, 0.15) is 43.8 Å². The topological polar surface area (TPSA) is 206 Å². The van der Waals surface area contributed by atoms with Crippen LogP contribution in [-0.2, 0) is 19.1 Å². The minimum absolute atomic E-state index is 0.0186. The number of aliphatic carboxylic acids is 1. The third kappa shape index (κ3) is 4.91. The minimum atomic E-state index is -1.87. The number of esters is 1. The number of ketones is 2. The molecule has 1 heterocycles. The van der Waals surface area contributed by atoms with Crippen molar-refractivity contribution in [3.63, 3.8) is 0 Å². The summed E-state index contributed by atoms with van der Waals surface area (Å²) in [5, 5.41) is 50.2. The van der Waals surface area contributed by atoms with E-state index in [0.29, 0.717) is 5.56 Å². The highest BCUT2D eigenvalue weighted by atomic mass is 16.7. The van der Waals surface area contributed by atoms with Crippen LogP contribution >= 0.6 is 0 Å². The molecule has 2 aliphatic rings. The van der Waals surface area contributed by atoms with Gasteiger partial charge in [0.25, 0.3) is 0 Å². The second-order valence-electron chi connectivity index (χ2n) is 8.80. The van der Waals surface area contributed by atoms with Gasteiger partial charge < -0.3 is 44.5 Å². The van der Waals surface area contributed by atoms with Gasteiger partial charge in [-0.15, -0.1) is 0 Å². The van der Waals surface area contributed by atoms with Gasteiger partial charge in [0.05, 0.1) is 18.2 Å². The number of carbonyl (C=O) groups is 4. The highest BCUT2D eigenvalue weighted by Gasteiger charge is 2.46. The van der Waals surface area contributed by atoms with E-state index in [1.54, 1.807) is 6.92 Å². The van der Waals surface area contributed by atoms with Crippen molar-refractivity contribution in [2.45, 2.75) is 44.1 Å². The van der Waals surface area contributed by atoms with E-state index < -0.39 is 73.0 Å². The van der Waals surface area contributed by atoms with Crippen molar-refractivity contribution >= 4 is 23.5 Å². The van der Waals surface area contributed by atoms with Gasteiger partial charge in [-0.3, -0.25) is 19.2 Å². The summed E-state index contributed by atoms with van der Waals surface area (Å²) in [4.78, 5) is 49.0. The lowest BCUT2D eigenvalue weighted by molar-refractivity contribution is -0.278. The normalized spacial score (nSPS) is 24.3. The molecule has 0 radical (unpaired) electrons. The first-order valence-corrected chi connectivity index (χ1v) is 11.3. The van der Waals surface area contributed by atoms with Crippen molar-refractivity contribution in [2.24, 2.45) is 0 Å². The molecule has 1 fully saturated rings. The Morgan fingerprint density at radius 3 is 2.29 bits per heavy atom. The predicted molar refractivity (Wildman–Crippen MR) is 123 cm³/mol. The number of carboxylic acids is 1. The van der Waals surface area contributed by atoms with Crippen molar-refractivity contribution in [2.75, 3.05) is 13.7 Å². The van der Waals surface area contributed by atoms with Crippen LogP contribution in [0.5, 0.6) is 17.2 Å². The molecule has 5 N–H and O–H groups in total. The molecule has 1 aliphatic carbocycles. The van der Waals surface area contributed by atoms with Gasteiger partial charge in [-0.05, 0) is 30.7 Å². The quantitative estimate of drug-likeness (QED) is 0.196. The fourth-order valence-corrected chi connectivity index (χ4v) is 4.30. The first kappa shape index (κ1) is 27.0. The fourth-order valence-electron chi connectivity index (χ4n) is 4.30. The molecular weight excluding hydrogens is 508 g/mol. The molecule has 202 valence electrons. The Balaban J connectivity index is 1.68. The Kier molecular flexibility index (Phi) is 7.37. The van der Waals surface area contributed by atoms with E-state index in [1.165, 1.54) is 31.4 Å². The van der Waals surface area contributed by atoms with Crippen LogP contribution in [0.2, 0.25) is 0 Å². The fraction of sp³-hybridized carbons (Fsp3) is 0.360. The zero-order valence-electron chi connectivity index (χ0n) is 20.1. The number of phenolic OH excluding ortho intramolecular Hbond substituents is 1. The maximum Gasteiger partial charge on any atom is 0.317 e. The lowest BCUT2D eigenvalue weighted by Crippen LogP contribution is -2.60. The van der Waals surface area contributed by atoms with E-state index in [9.17, 15) is 39.6 Å².